The summed E-state index contributed by atoms with van der Waals surface area (Å²) in [4.78, 5) is 28.2. The van der Waals surface area contributed by atoms with E-state index in [0.29, 0.717) is 23.1 Å². The molecule has 2 heterocycles. The summed E-state index contributed by atoms with van der Waals surface area (Å²) >= 11 is 5.84. The number of aromatic nitrogens is 3. The predicted octanol–water partition coefficient (Wildman–Crippen LogP) is 3.81. The Labute approximate surface area is 165 Å². The fraction of sp³-hybridized carbons (Fsp3) is 0.0476. The van der Waals surface area contributed by atoms with E-state index in [1.54, 1.807) is 12.1 Å². The summed E-state index contributed by atoms with van der Waals surface area (Å²) in [5.74, 6) is -0.269. The Morgan fingerprint density at radius 1 is 1.04 bits per heavy atom. The fourth-order valence-electron chi connectivity index (χ4n) is 3.01. The molecule has 2 aromatic carbocycles. The molecule has 0 aliphatic rings. The van der Waals surface area contributed by atoms with Gasteiger partial charge >= 0.3 is 0 Å². The molecule has 0 atom stereocenters. The Bertz CT molecular complexity index is 1240. The number of carbonyl (C=O) groups excluding carboxylic acids is 1. The van der Waals surface area contributed by atoms with E-state index in [-0.39, 0.29) is 16.6 Å². The van der Waals surface area contributed by atoms with Crippen LogP contribution in [0.3, 0.4) is 0 Å². The number of halogens is 1. The van der Waals surface area contributed by atoms with Crippen molar-refractivity contribution in [2.45, 2.75) is 6.42 Å². The van der Waals surface area contributed by atoms with Gasteiger partial charge < -0.3 is 5.32 Å². The van der Waals surface area contributed by atoms with Crippen LogP contribution in [0.15, 0.2) is 71.7 Å². The van der Waals surface area contributed by atoms with Gasteiger partial charge in [0.2, 0.25) is 0 Å². The number of hydrogen-bond donors (Lipinski definition) is 2. The van der Waals surface area contributed by atoms with Crippen molar-refractivity contribution in [3.63, 3.8) is 0 Å². The van der Waals surface area contributed by atoms with Gasteiger partial charge in [0.05, 0.1) is 11.1 Å². The van der Waals surface area contributed by atoms with Crippen molar-refractivity contribution < 1.29 is 4.79 Å². The van der Waals surface area contributed by atoms with Crippen molar-refractivity contribution >= 4 is 34.0 Å². The highest BCUT2D eigenvalue weighted by molar-refractivity contribution is 6.29. The highest BCUT2D eigenvalue weighted by atomic mass is 35.5. The Kier molecular flexibility index (Phi) is 4.87. The largest absolute Gasteiger partial charge is 0.322 e. The highest BCUT2D eigenvalue weighted by Gasteiger charge is 2.10. The van der Waals surface area contributed by atoms with E-state index in [1.165, 1.54) is 12.3 Å². The molecular formula is C21H15ClN4O2. The summed E-state index contributed by atoms with van der Waals surface area (Å²) < 4.78 is 0. The van der Waals surface area contributed by atoms with Gasteiger partial charge in [-0.25, -0.2) is 10.1 Å². The summed E-state index contributed by atoms with van der Waals surface area (Å²) in [6.07, 6.45) is 2.00. The molecule has 0 bridgehead atoms. The smallest absolute Gasteiger partial charge is 0.272 e. The molecule has 0 aliphatic carbocycles. The van der Waals surface area contributed by atoms with Gasteiger partial charge in [-0.05, 0) is 35.9 Å². The molecule has 0 aliphatic heterocycles. The zero-order chi connectivity index (χ0) is 19.5. The lowest BCUT2D eigenvalue weighted by Crippen LogP contribution is -2.13. The third-order valence-electron chi connectivity index (χ3n) is 4.32. The van der Waals surface area contributed by atoms with Crippen molar-refractivity contribution in [1.29, 1.82) is 0 Å². The molecule has 28 heavy (non-hydrogen) atoms. The van der Waals surface area contributed by atoms with Crippen LogP contribution in [-0.2, 0) is 6.42 Å². The monoisotopic (exact) mass is 390 g/mol. The number of aromatic amines is 1. The number of rotatable bonds is 4. The molecule has 2 aromatic heterocycles. The lowest BCUT2D eigenvalue weighted by molar-refractivity contribution is 0.102. The third-order valence-corrected chi connectivity index (χ3v) is 4.53. The molecule has 138 valence electrons. The maximum Gasteiger partial charge on any atom is 0.272 e. The highest BCUT2D eigenvalue weighted by Crippen LogP contribution is 2.19. The van der Waals surface area contributed by atoms with Crippen LogP contribution in [0.1, 0.15) is 21.6 Å². The van der Waals surface area contributed by atoms with E-state index < -0.39 is 0 Å². The maximum atomic E-state index is 12.4. The first-order valence-electron chi connectivity index (χ1n) is 8.58. The van der Waals surface area contributed by atoms with Crippen molar-refractivity contribution in [3.8, 4) is 0 Å². The fourth-order valence-corrected chi connectivity index (χ4v) is 3.18. The zero-order valence-corrected chi connectivity index (χ0v) is 15.4. The van der Waals surface area contributed by atoms with E-state index in [2.05, 4.69) is 20.5 Å². The van der Waals surface area contributed by atoms with Gasteiger partial charge in [-0.3, -0.25) is 9.59 Å². The number of hydrogen-bond acceptors (Lipinski definition) is 4. The van der Waals surface area contributed by atoms with Crippen LogP contribution in [0, 0.1) is 0 Å². The summed E-state index contributed by atoms with van der Waals surface area (Å²) in [5, 5.41) is 11.3. The molecule has 0 saturated heterocycles. The van der Waals surface area contributed by atoms with E-state index in [9.17, 15) is 9.59 Å². The average Bonchev–Trinajstić information content (AvgIpc) is 2.71. The molecule has 6 nitrogen and oxygen atoms in total. The minimum absolute atomic E-state index is 0.212. The van der Waals surface area contributed by atoms with Crippen molar-refractivity contribution in [2.75, 3.05) is 5.32 Å². The number of pyridine rings is 1. The molecule has 0 spiro atoms. The van der Waals surface area contributed by atoms with Crippen LogP contribution in [0.25, 0.3) is 10.8 Å². The molecule has 4 rings (SSSR count). The number of carbonyl (C=O) groups is 1. The van der Waals surface area contributed by atoms with Gasteiger partial charge in [-0.1, -0.05) is 41.9 Å². The predicted molar refractivity (Wildman–Crippen MR) is 109 cm³/mol. The number of H-pyrrole nitrogens is 1. The topological polar surface area (TPSA) is 87.7 Å². The second-order valence-corrected chi connectivity index (χ2v) is 6.63. The first-order valence-corrected chi connectivity index (χ1v) is 8.96. The van der Waals surface area contributed by atoms with E-state index in [0.717, 1.165) is 16.6 Å². The molecule has 0 radical (unpaired) electrons. The van der Waals surface area contributed by atoms with Crippen molar-refractivity contribution in [3.05, 3.63) is 99.2 Å². The third kappa shape index (κ3) is 3.77. The summed E-state index contributed by atoms with van der Waals surface area (Å²) in [7, 11) is 0. The van der Waals surface area contributed by atoms with Gasteiger partial charge in [0.25, 0.3) is 11.5 Å². The van der Waals surface area contributed by atoms with Crippen LogP contribution in [0.2, 0.25) is 5.15 Å². The van der Waals surface area contributed by atoms with Gasteiger partial charge in [0, 0.05) is 29.3 Å². The first-order chi connectivity index (χ1) is 13.6. The first kappa shape index (κ1) is 17.9. The Balaban J connectivity index is 1.59. The van der Waals surface area contributed by atoms with Gasteiger partial charge in [0.15, 0.2) is 0 Å². The van der Waals surface area contributed by atoms with E-state index in [4.69, 9.17) is 11.6 Å². The standard InChI is InChI=1S/C21H15ClN4O2/c22-19-12-14(8-9-23-19)20(27)24-15-5-3-4-13(10-15)11-18-16-6-1-2-7-17(16)21(28)26-25-18/h1-10,12H,11H2,(H,24,27)(H,26,28). The summed E-state index contributed by atoms with van der Waals surface area (Å²) in [5.41, 5.74) is 2.59. The molecule has 0 saturated carbocycles. The van der Waals surface area contributed by atoms with E-state index in [1.807, 2.05) is 42.5 Å². The van der Waals surface area contributed by atoms with Crippen LogP contribution in [0.5, 0.6) is 0 Å². The second-order valence-electron chi connectivity index (χ2n) is 6.24. The number of nitrogens with zero attached hydrogens (tertiary/aromatic N) is 2. The van der Waals surface area contributed by atoms with Crippen LogP contribution in [-0.4, -0.2) is 21.1 Å². The molecule has 1 amide bonds. The van der Waals surface area contributed by atoms with Gasteiger partial charge in [-0.15, -0.1) is 0 Å². The van der Waals surface area contributed by atoms with E-state index >= 15 is 0 Å². The van der Waals surface area contributed by atoms with Crippen LogP contribution < -0.4 is 10.9 Å². The summed E-state index contributed by atoms with van der Waals surface area (Å²) in [6.45, 7) is 0. The minimum Gasteiger partial charge on any atom is -0.322 e. The molecule has 0 unspecified atom stereocenters. The maximum absolute atomic E-state index is 12.4. The van der Waals surface area contributed by atoms with Crippen molar-refractivity contribution in [1.82, 2.24) is 15.2 Å². The van der Waals surface area contributed by atoms with Gasteiger partial charge in [0.1, 0.15) is 5.15 Å². The molecule has 2 N–H and O–H groups in total. The number of anilines is 1. The van der Waals surface area contributed by atoms with Gasteiger partial charge in [-0.2, -0.15) is 5.10 Å². The summed E-state index contributed by atoms with van der Waals surface area (Å²) in [6, 6.07) is 18.0. The van der Waals surface area contributed by atoms with Crippen LogP contribution >= 0.6 is 11.6 Å². The molecule has 7 heteroatoms. The van der Waals surface area contributed by atoms with Crippen molar-refractivity contribution in [2.24, 2.45) is 0 Å². The SMILES string of the molecule is O=C(Nc1cccc(Cc2n[nH]c(=O)c3ccccc23)c1)c1ccnc(Cl)c1. The zero-order valence-electron chi connectivity index (χ0n) is 14.6. The Morgan fingerprint density at radius 3 is 2.68 bits per heavy atom. The Hall–Kier alpha value is -3.51. The quantitative estimate of drug-likeness (QED) is 0.518. The minimum atomic E-state index is -0.269. The number of amides is 1. The Morgan fingerprint density at radius 2 is 1.86 bits per heavy atom. The lowest BCUT2D eigenvalue weighted by atomic mass is 10.0. The second kappa shape index (κ2) is 7.62. The normalized spacial score (nSPS) is 10.8. The molecule has 0 fully saturated rings. The lowest BCUT2D eigenvalue weighted by Gasteiger charge is -2.09. The number of benzene rings is 2. The average molecular weight is 391 g/mol. The van der Waals surface area contributed by atoms with Crippen LogP contribution in [0.4, 0.5) is 5.69 Å². The molecular weight excluding hydrogens is 376 g/mol. The molecule has 4 aromatic rings. The number of nitrogens with one attached hydrogen (secondary N) is 2. The number of fused-ring (bicyclic) bond motifs is 1.